The molecule has 0 aliphatic heterocycles. The van der Waals surface area contributed by atoms with Gasteiger partial charge in [-0.15, -0.1) is 0 Å². The molecule has 1 aromatic carbocycles. The van der Waals surface area contributed by atoms with Crippen molar-refractivity contribution in [3.8, 4) is 0 Å². The number of nitrogens with two attached hydrogens (primary N) is 1. The minimum atomic E-state index is -0.379. The maximum atomic E-state index is 11.8. The summed E-state index contributed by atoms with van der Waals surface area (Å²) >= 11 is 0. The number of hydrogen-bond donors (Lipinski definition) is 3. The lowest BCUT2D eigenvalue weighted by molar-refractivity contribution is -0.120. The third kappa shape index (κ3) is 3.11. The molecule has 0 spiro atoms. The highest BCUT2D eigenvalue weighted by Crippen LogP contribution is 2.17. The number of benzene rings is 1. The Bertz CT molecular complexity index is 551. The molecule has 2 aromatic rings. The monoisotopic (exact) mass is 245 g/mol. The van der Waals surface area contributed by atoms with E-state index in [1.807, 2.05) is 44.3 Å². The van der Waals surface area contributed by atoms with Crippen LogP contribution >= 0.6 is 0 Å². The van der Waals surface area contributed by atoms with Crippen LogP contribution < -0.4 is 11.1 Å². The van der Waals surface area contributed by atoms with E-state index in [0.717, 1.165) is 16.5 Å². The second kappa shape index (κ2) is 4.82. The first-order chi connectivity index (χ1) is 8.46. The molecule has 0 radical (unpaired) electrons. The third-order valence-electron chi connectivity index (χ3n) is 2.77. The lowest BCUT2D eigenvalue weighted by atomic mass is 10.1. The van der Waals surface area contributed by atoms with Crippen molar-refractivity contribution in [2.24, 2.45) is 5.73 Å². The van der Waals surface area contributed by atoms with E-state index in [9.17, 15) is 4.79 Å². The Kier molecular flexibility index (Phi) is 3.39. The minimum Gasteiger partial charge on any atom is -0.361 e. The van der Waals surface area contributed by atoms with E-state index in [0.29, 0.717) is 13.0 Å². The number of aromatic amines is 1. The molecule has 4 N–H and O–H groups in total. The van der Waals surface area contributed by atoms with Crippen molar-refractivity contribution >= 4 is 16.8 Å². The fourth-order valence-electron chi connectivity index (χ4n) is 1.84. The highest BCUT2D eigenvalue weighted by atomic mass is 16.1. The summed E-state index contributed by atoms with van der Waals surface area (Å²) in [6.45, 7) is 4.26. The van der Waals surface area contributed by atoms with E-state index in [4.69, 9.17) is 5.73 Å². The van der Waals surface area contributed by atoms with Crippen LogP contribution in [0, 0.1) is 0 Å². The Morgan fingerprint density at radius 3 is 2.83 bits per heavy atom. The molecule has 96 valence electrons. The average molecular weight is 245 g/mol. The zero-order chi connectivity index (χ0) is 13.2. The number of para-hydroxylation sites is 1. The summed E-state index contributed by atoms with van der Waals surface area (Å²) in [5.41, 5.74) is 7.51. The molecule has 0 aliphatic rings. The first kappa shape index (κ1) is 12.6. The molecule has 1 amide bonds. The number of fused-ring (bicyclic) bond motifs is 1. The number of rotatable bonds is 4. The van der Waals surface area contributed by atoms with Crippen LogP contribution in [0.1, 0.15) is 19.4 Å². The van der Waals surface area contributed by atoms with Crippen molar-refractivity contribution < 1.29 is 4.79 Å². The van der Waals surface area contributed by atoms with Gasteiger partial charge in [0.25, 0.3) is 0 Å². The molecular formula is C14H19N3O. The molecule has 0 aliphatic carbocycles. The Hall–Kier alpha value is -1.81. The minimum absolute atomic E-state index is 0.00159. The third-order valence-corrected chi connectivity index (χ3v) is 2.77. The van der Waals surface area contributed by atoms with Crippen molar-refractivity contribution in [1.29, 1.82) is 0 Å². The van der Waals surface area contributed by atoms with Crippen molar-refractivity contribution in [1.82, 2.24) is 10.3 Å². The average Bonchev–Trinajstić information content (AvgIpc) is 2.70. The molecule has 4 nitrogen and oxygen atoms in total. The molecule has 0 saturated heterocycles. The van der Waals surface area contributed by atoms with Gasteiger partial charge in [0.2, 0.25) is 5.91 Å². The number of nitrogens with one attached hydrogen (secondary N) is 2. The van der Waals surface area contributed by atoms with Gasteiger partial charge in [0.1, 0.15) is 0 Å². The number of hydrogen-bond acceptors (Lipinski definition) is 2. The molecular weight excluding hydrogens is 226 g/mol. The van der Waals surface area contributed by atoms with Crippen LogP contribution in [0.3, 0.4) is 0 Å². The molecule has 1 aromatic heterocycles. The fourth-order valence-corrected chi connectivity index (χ4v) is 1.84. The van der Waals surface area contributed by atoms with Crippen molar-refractivity contribution in [2.75, 3.05) is 6.54 Å². The summed E-state index contributed by atoms with van der Waals surface area (Å²) in [5, 5.41) is 3.94. The fraction of sp³-hybridized carbons (Fsp3) is 0.357. The number of carbonyl (C=O) groups excluding carboxylic acids is 1. The second-order valence-corrected chi connectivity index (χ2v) is 5.30. The molecule has 1 heterocycles. The van der Waals surface area contributed by atoms with E-state index < -0.39 is 0 Å². The molecule has 18 heavy (non-hydrogen) atoms. The molecule has 0 saturated carbocycles. The predicted octanol–water partition coefficient (Wildman–Crippen LogP) is 1.56. The summed E-state index contributed by atoms with van der Waals surface area (Å²) in [6, 6.07) is 7.96. The van der Waals surface area contributed by atoms with Crippen LogP contribution in [-0.2, 0) is 11.2 Å². The first-order valence-electron chi connectivity index (χ1n) is 6.06. The van der Waals surface area contributed by atoms with Gasteiger partial charge in [-0.2, -0.15) is 0 Å². The van der Waals surface area contributed by atoms with Gasteiger partial charge in [0.05, 0.1) is 6.42 Å². The summed E-state index contributed by atoms with van der Waals surface area (Å²) in [6.07, 6.45) is 2.26. The van der Waals surface area contributed by atoms with Crippen LogP contribution in [0.2, 0.25) is 0 Å². The van der Waals surface area contributed by atoms with Gasteiger partial charge in [0.15, 0.2) is 0 Å². The molecule has 4 heteroatoms. The van der Waals surface area contributed by atoms with Crippen LogP contribution in [0.15, 0.2) is 30.5 Å². The quantitative estimate of drug-likeness (QED) is 0.765. The zero-order valence-corrected chi connectivity index (χ0v) is 10.8. The Labute approximate surface area is 107 Å². The molecule has 0 unspecified atom stereocenters. The van der Waals surface area contributed by atoms with Crippen molar-refractivity contribution in [3.05, 3.63) is 36.0 Å². The first-order valence-corrected chi connectivity index (χ1v) is 6.06. The Balaban J connectivity index is 2.03. The number of H-pyrrole nitrogens is 1. The van der Waals surface area contributed by atoms with E-state index in [-0.39, 0.29) is 11.4 Å². The molecule has 2 rings (SSSR count). The number of carbonyl (C=O) groups is 1. The zero-order valence-electron chi connectivity index (χ0n) is 10.8. The molecule has 0 fully saturated rings. The summed E-state index contributed by atoms with van der Waals surface area (Å²) in [5.74, 6) is -0.00159. The standard InChI is InChI=1S/C14H19N3O/c1-14(2,15)9-17-13(18)7-10-8-16-12-6-4-3-5-11(10)12/h3-6,8,16H,7,9,15H2,1-2H3,(H,17,18). The summed E-state index contributed by atoms with van der Waals surface area (Å²) in [7, 11) is 0. The Morgan fingerprint density at radius 2 is 2.11 bits per heavy atom. The topological polar surface area (TPSA) is 70.9 Å². The van der Waals surface area contributed by atoms with Gasteiger partial charge in [-0.25, -0.2) is 0 Å². The highest BCUT2D eigenvalue weighted by Gasteiger charge is 2.13. The van der Waals surface area contributed by atoms with Crippen molar-refractivity contribution in [2.45, 2.75) is 25.8 Å². The molecule has 0 bridgehead atoms. The number of amides is 1. The van der Waals surface area contributed by atoms with Gasteiger partial charge < -0.3 is 16.0 Å². The van der Waals surface area contributed by atoms with Gasteiger partial charge in [-0.05, 0) is 25.5 Å². The summed E-state index contributed by atoms with van der Waals surface area (Å²) in [4.78, 5) is 15.0. The lowest BCUT2D eigenvalue weighted by Gasteiger charge is -2.18. The largest absolute Gasteiger partial charge is 0.361 e. The normalized spacial score (nSPS) is 11.7. The molecule has 0 atom stereocenters. The second-order valence-electron chi connectivity index (χ2n) is 5.30. The van der Waals surface area contributed by atoms with Crippen LogP contribution in [0.5, 0.6) is 0 Å². The van der Waals surface area contributed by atoms with Gasteiger partial charge in [-0.1, -0.05) is 18.2 Å². The number of aromatic nitrogens is 1. The van der Waals surface area contributed by atoms with Crippen LogP contribution in [-0.4, -0.2) is 23.0 Å². The maximum Gasteiger partial charge on any atom is 0.224 e. The lowest BCUT2D eigenvalue weighted by Crippen LogP contribution is -2.45. The van der Waals surface area contributed by atoms with Crippen LogP contribution in [0.4, 0.5) is 0 Å². The highest BCUT2D eigenvalue weighted by molar-refractivity contribution is 5.88. The van der Waals surface area contributed by atoms with E-state index >= 15 is 0 Å². The van der Waals surface area contributed by atoms with Gasteiger partial charge in [-0.3, -0.25) is 4.79 Å². The van der Waals surface area contributed by atoms with E-state index in [2.05, 4.69) is 10.3 Å². The predicted molar refractivity (Wildman–Crippen MR) is 73.3 cm³/mol. The van der Waals surface area contributed by atoms with E-state index in [1.165, 1.54) is 0 Å². The maximum absolute atomic E-state index is 11.8. The van der Waals surface area contributed by atoms with Crippen LogP contribution in [0.25, 0.3) is 10.9 Å². The van der Waals surface area contributed by atoms with Gasteiger partial charge >= 0.3 is 0 Å². The SMILES string of the molecule is CC(C)(N)CNC(=O)Cc1c[nH]c2ccccc12. The van der Waals surface area contributed by atoms with E-state index in [1.54, 1.807) is 0 Å². The van der Waals surface area contributed by atoms with Gasteiger partial charge in [0, 0.05) is 29.2 Å². The summed E-state index contributed by atoms with van der Waals surface area (Å²) < 4.78 is 0. The van der Waals surface area contributed by atoms with Crippen molar-refractivity contribution in [3.63, 3.8) is 0 Å². The smallest absolute Gasteiger partial charge is 0.224 e. The Morgan fingerprint density at radius 1 is 1.39 bits per heavy atom.